The molecule has 1 N–H and O–H groups in total. The zero-order chi connectivity index (χ0) is 21.5. The summed E-state index contributed by atoms with van der Waals surface area (Å²) in [4.78, 5) is 17.0. The van der Waals surface area contributed by atoms with Crippen LogP contribution in [0.5, 0.6) is 0 Å². The molecule has 2 bridgehead atoms. The van der Waals surface area contributed by atoms with Crippen LogP contribution in [0.15, 0.2) is 18.2 Å². The van der Waals surface area contributed by atoms with Gasteiger partial charge in [0.1, 0.15) is 11.8 Å². The van der Waals surface area contributed by atoms with Crippen molar-refractivity contribution >= 4 is 23.4 Å². The number of anilines is 1. The van der Waals surface area contributed by atoms with E-state index in [9.17, 15) is 9.18 Å². The molecule has 1 amide bonds. The number of carbonyl (C=O) groups is 1. The van der Waals surface area contributed by atoms with E-state index in [1.165, 1.54) is 5.56 Å². The number of hydrogen-bond acceptors (Lipinski definition) is 4. The summed E-state index contributed by atoms with van der Waals surface area (Å²) in [5, 5.41) is 3.83. The number of ether oxygens (including phenoxy) is 1. The number of piperidine rings is 1. The van der Waals surface area contributed by atoms with Gasteiger partial charge in [-0.15, -0.1) is 0 Å². The third-order valence-corrected chi connectivity index (χ3v) is 6.85. The van der Waals surface area contributed by atoms with Gasteiger partial charge in [-0.1, -0.05) is 23.7 Å². The number of alkyl carbamates (subject to hydrolysis) is 1. The van der Waals surface area contributed by atoms with Crippen LogP contribution < -0.4 is 10.2 Å². The highest BCUT2D eigenvalue weighted by molar-refractivity contribution is 6.33. The number of halogens is 2. The van der Waals surface area contributed by atoms with Crippen LogP contribution >= 0.6 is 11.6 Å². The van der Waals surface area contributed by atoms with Gasteiger partial charge < -0.3 is 15.0 Å². The van der Waals surface area contributed by atoms with Gasteiger partial charge >= 0.3 is 6.09 Å². The van der Waals surface area contributed by atoms with Crippen LogP contribution in [0.25, 0.3) is 0 Å². The number of para-hydroxylation sites is 1. The van der Waals surface area contributed by atoms with E-state index in [-0.39, 0.29) is 12.1 Å². The van der Waals surface area contributed by atoms with Crippen molar-refractivity contribution in [2.24, 2.45) is 0 Å². The molecule has 3 heterocycles. The lowest BCUT2D eigenvalue weighted by Crippen LogP contribution is -2.45. The molecule has 3 fully saturated rings. The first-order valence-electron chi connectivity index (χ1n) is 11.1. The van der Waals surface area contributed by atoms with Crippen molar-refractivity contribution in [2.75, 3.05) is 18.0 Å². The maximum Gasteiger partial charge on any atom is 0.407 e. The highest BCUT2D eigenvalue weighted by Crippen LogP contribution is 2.41. The van der Waals surface area contributed by atoms with E-state index >= 15 is 0 Å². The van der Waals surface area contributed by atoms with E-state index in [2.05, 4.69) is 21.2 Å². The molecule has 166 valence electrons. The van der Waals surface area contributed by atoms with Gasteiger partial charge in [0, 0.05) is 37.8 Å². The molecule has 1 aromatic carbocycles. The molecule has 7 heteroatoms. The molecule has 3 aliphatic heterocycles. The van der Waals surface area contributed by atoms with Crippen LogP contribution in [0.3, 0.4) is 0 Å². The number of rotatable bonds is 4. The van der Waals surface area contributed by atoms with Crippen LogP contribution in [0, 0.1) is 0 Å². The van der Waals surface area contributed by atoms with Gasteiger partial charge in [-0.25, -0.2) is 9.18 Å². The number of nitrogens with one attached hydrogen (secondary N) is 1. The number of benzene rings is 1. The molecular weight excluding hydrogens is 405 g/mol. The maximum atomic E-state index is 13.6. The Morgan fingerprint density at radius 1 is 1.23 bits per heavy atom. The summed E-state index contributed by atoms with van der Waals surface area (Å²) in [6.07, 6.45) is 3.25. The summed E-state index contributed by atoms with van der Waals surface area (Å²) in [6.45, 7) is 7.85. The van der Waals surface area contributed by atoms with Crippen molar-refractivity contribution in [3.63, 3.8) is 0 Å². The Hall–Kier alpha value is -1.53. The molecule has 3 atom stereocenters. The van der Waals surface area contributed by atoms with Gasteiger partial charge in [0.15, 0.2) is 0 Å². The van der Waals surface area contributed by atoms with Gasteiger partial charge in [0.2, 0.25) is 0 Å². The molecule has 0 spiro atoms. The van der Waals surface area contributed by atoms with Gasteiger partial charge in [-0.2, -0.15) is 0 Å². The average molecular weight is 438 g/mol. The molecule has 30 heavy (non-hydrogen) atoms. The normalized spacial score (nSPS) is 27.5. The Bertz CT molecular complexity index is 776. The molecule has 0 saturated carbocycles. The first kappa shape index (κ1) is 21.7. The largest absolute Gasteiger partial charge is 0.444 e. The minimum absolute atomic E-state index is 0.114. The highest BCUT2D eigenvalue weighted by atomic mass is 35.5. The Morgan fingerprint density at radius 2 is 1.97 bits per heavy atom. The Morgan fingerprint density at radius 3 is 2.67 bits per heavy atom. The van der Waals surface area contributed by atoms with Crippen molar-refractivity contribution in [1.82, 2.24) is 10.2 Å². The number of fused-ring (bicyclic) bond motifs is 2. The number of amides is 1. The third-order valence-electron chi connectivity index (χ3n) is 6.55. The molecule has 3 unspecified atom stereocenters. The minimum Gasteiger partial charge on any atom is -0.444 e. The van der Waals surface area contributed by atoms with E-state index in [0.29, 0.717) is 38.0 Å². The lowest BCUT2D eigenvalue weighted by molar-refractivity contribution is 0.0491. The minimum atomic E-state index is -0.707. The first-order chi connectivity index (χ1) is 14.2. The lowest BCUT2D eigenvalue weighted by atomic mass is 9.96. The van der Waals surface area contributed by atoms with Gasteiger partial charge in [-0.05, 0) is 64.5 Å². The Kier molecular flexibility index (Phi) is 6.18. The van der Waals surface area contributed by atoms with E-state index in [0.717, 1.165) is 36.5 Å². The highest BCUT2D eigenvalue weighted by Gasteiger charge is 2.47. The van der Waals surface area contributed by atoms with Crippen LogP contribution in [0.4, 0.5) is 14.9 Å². The smallest absolute Gasteiger partial charge is 0.407 e. The van der Waals surface area contributed by atoms with Crippen molar-refractivity contribution in [3.05, 3.63) is 28.8 Å². The summed E-state index contributed by atoms with van der Waals surface area (Å²) < 4.78 is 19.1. The number of carbonyl (C=O) groups excluding carboxylic acids is 1. The van der Waals surface area contributed by atoms with Gasteiger partial charge in [0.25, 0.3) is 0 Å². The standard InChI is InChI=1S/C23H33ClFN3O2/c1-23(2,3)30-22(29)26-19-13-17-7-8-20(19)28(17)14-15-5-4-6-18(24)21(15)27-11-9-16(25)10-12-27/h4-6,16-17,19-20H,7-14H2,1-3H3,(H,26,29). The fourth-order valence-corrected chi connectivity index (χ4v) is 5.59. The summed E-state index contributed by atoms with van der Waals surface area (Å²) in [5.74, 6) is 0. The second-order valence-electron chi connectivity index (χ2n) is 9.87. The average Bonchev–Trinajstić information content (AvgIpc) is 3.17. The van der Waals surface area contributed by atoms with Crippen molar-refractivity contribution in [2.45, 2.75) is 89.3 Å². The number of hydrogen-bond donors (Lipinski definition) is 1. The summed E-state index contributed by atoms with van der Waals surface area (Å²) >= 11 is 6.60. The summed E-state index contributed by atoms with van der Waals surface area (Å²) in [5.41, 5.74) is 1.74. The van der Waals surface area contributed by atoms with Crippen molar-refractivity contribution < 1.29 is 13.9 Å². The molecule has 3 aliphatic rings. The van der Waals surface area contributed by atoms with Crippen LogP contribution in [0.2, 0.25) is 5.02 Å². The monoisotopic (exact) mass is 437 g/mol. The van der Waals surface area contributed by atoms with E-state index in [1.54, 1.807) is 0 Å². The van der Waals surface area contributed by atoms with Gasteiger partial charge in [0.05, 0.1) is 10.7 Å². The second kappa shape index (κ2) is 8.54. The fraction of sp³-hybridized carbons (Fsp3) is 0.696. The number of alkyl halides is 1. The van der Waals surface area contributed by atoms with E-state index in [1.807, 2.05) is 32.9 Å². The maximum absolute atomic E-state index is 13.6. The zero-order valence-electron chi connectivity index (χ0n) is 18.2. The second-order valence-corrected chi connectivity index (χ2v) is 10.3. The van der Waals surface area contributed by atoms with Gasteiger partial charge in [-0.3, -0.25) is 4.90 Å². The fourth-order valence-electron chi connectivity index (χ4n) is 5.27. The first-order valence-corrected chi connectivity index (χ1v) is 11.5. The van der Waals surface area contributed by atoms with E-state index < -0.39 is 11.8 Å². The topological polar surface area (TPSA) is 44.8 Å². The molecule has 0 aromatic heterocycles. The lowest BCUT2D eigenvalue weighted by Gasteiger charge is -2.34. The Balaban J connectivity index is 1.46. The van der Waals surface area contributed by atoms with E-state index in [4.69, 9.17) is 16.3 Å². The molecule has 0 radical (unpaired) electrons. The molecule has 4 rings (SSSR count). The predicted octanol–water partition coefficient (Wildman–Crippen LogP) is 4.91. The SMILES string of the molecule is CC(C)(C)OC(=O)NC1CC2CCC1N2Cc1cccc(Cl)c1N1CCC(F)CC1. The molecule has 3 saturated heterocycles. The molecule has 1 aromatic rings. The molecule has 5 nitrogen and oxygen atoms in total. The van der Waals surface area contributed by atoms with Crippen LogP contribution in [-0.4, -0.2) is 54.0 Å². The van der Waals surface area contributed by atoms with Crippen molar-refractivity contribution in [1.29, 1.82) is 0 Å². The molecular formula is C23H33ClFN3O2. The predicted molar refractivity (Wildman–Crippen MR) is 118 cm³/mol. The van der Waals surface area contributed by atoms with Crippen LogP contribution in [-0.2, 0) is 11.3 Å². The summed E-state index contributed by atoms with van der Waals surface area (Å²) in [6, 6.07) is 6.94. The number of nitrogens with zero attached hydrogens (tertiary/aromatic N) is 2. The zero-order valence-corrected chi connectivity index (χ0v) is 18.9. The van der Waals surface area contributed by atoms with Crippen LogP contribution in [0.1, 0.15) is 58.4 Å². The van der Waals surface area contributed by atoms with Crippen molar-refractivity contribution in [3.8, 4) is 0 Å². The Labute approximate surface area is 183 Å². The third kappa shape index (κ3) is 4.70. The summed E-state index contributed by atoms with van der Waals surface area (Å²) in [7, 11) is 0. The quantitative estimate of drug-likeness (QED) is 0.727. The molecule has 0 aliphatic carbocycles.